The van der Waals surface area contributed by atoms with E-state index >= 15 is 0 Å². The second-order valence-corrected chi connectivity index (χ2v) is 16.8. The van der Waals surface area contributed by atoms with Crippen molar-refractivity contribution in [3.8, 4) is 11.8 Å². The maximum Gasteiger partial charge on any atom is 0.373 e. The van der Waals surface area contributed by atoms with Gasteiger partial charge in [0, 0.05) is 52.0 Å². The summed E-state index contributed by atoms with van der Waals surface area (Å²) < 4.78 is 72.7. The van der Waals surface area contributed by atoms with Gasteiger partial charge in [-0.2, -0.15) is 19.0 Å². The van der Waals surface area contributed by atoms with Crippen molar-refractivity contribution in [1.82, 2.24) is 43.7 Å². The van der Waals surface area contributed by atoms with Crippen LogP contribution in [0.15, 0.2) is 47.7 Å². The van der Waals surface area contributed by atoms with Crippen LogP contribution < -0.4 is 21.2 Å². The summed E-state index contributed by atoms with van der Waals surface area (Å²) in [6.45, 7) is 2.15. The molecule has 1 atom stereocenters. The van der Waals surface area contributed by atoms with Gasteiger partial charge in [-0.15, -0.1) is 0 Å². The van der Waals surface area contributed by atoms with Crippen molar-refractivity contribution in [3.63, 3.8) is 0 Å². The first-order chi connectivity index (χ1) is 30.8. The molecule has 4 fully saturated rings. The van der Waals surface area contributed by atoms with Crippen LogP contribution in [0.5, 0.6) is 0 Å². The largest absolute Gasteiger partial charge is 0.373 e. The molecule has 9 rings (SSSR count). The number of morpholine rings is 1. The topological polar surface area (TPSA) is 175 Å². The Morgan fingerprint density at radius 1 is 1.06 bits per heavy atom. The van der Waals surface area contributed by atoms with Gasteiger partial charge in [0.05, 0.1) is 47.2 Å². The molecule has 4 aromatic heterocycles. The molecule has 1 unspecified atom stereocenters. The van der Waals surface area contributed by atoms with Crippen LogP contribution in [-0.2, 0) is 26.1 Å². The third-order valence-electron chi connectivity index (χ3n) is 12.7. The quantitative estimate of drug-likeness (QED) is 0.115. The van der Waals surface area contributed by atoms with Crippen LogP contribution in [0, 0.1) is 17.8 Å². The zero-order valence-corrected chi connectivity index (χ0v) is 35.0. The standard InChI is InChI=1S/C43H47F4N11O6/c1-53-37-27(4-2-6-32(37)58(42(53)62)33-11-12-35(59)51-41(33)61)5-3-20-63-29-13-16-54(17-14-29)23-26-7-9-28(10-8-26)57-24-31(36(52-57)38(44)45)49-40(60)30-22-48-56-18-15-34(50-39(30)56)55-19-21-64-43(46,47)25-55/h2,4,6,15,18,22,24,26,28-29,33,38H,7-14,16-17,19-21,23,25H2,1H3,(H,49,60)(H,51,59,61)/t26-,28-,33?. The second kappa shape index (κ2) is 17.8. The number of rotatable bonds is 10. The van der Waals surface area contributed by atoms with Gasteiger partial charge < -0.3 is 24.6 Å². The van der Waals surface area contributed by atoms with Gasteiger partial charge in [0.2, 0.25) is 11.8 Å². The lowest BCUT2D eigenvalue weighted by Gasteiger charge is -2.36. The van der Waals surface area contributed by atoms with Crippen molar-refractivity contribution in [1.29, 1.82) is 0 Å². The Morgan fingerprint density at radius 3 is 2.61 bits per heavy atom. The fourth-order valence-corrected chi connectivity index (χ4v) is 9.36. The third kappa shape index (κ3) is 8.86. The number of ether oxygens (including phenoxy) is 2. The van der Waals surface area contributed by atoms with Gasteiger partial charge in [0.15, 0.2) is 11.3 Å². The summed E-state index contributed by atoms with van der Waals surface area (Å²) in [5, 5.41) is 13.2. The molecular weight excluding hydrogens is 843 g/mol. The minimum Gasteiger partial charge on any atom is -0.365 e. The van der Waals surface area contributed by atoms with E-state index in [9.17, 15) is 36.7 Å². The first-order valence-electron chi connectivity index (χ1n) is 21.5. The Bertz CT molecular complexity index is 2700. The number of imidazole rings is 1. The van der Waals surface area contributed by atoms with Crippen LogP contribution in [0.3, 0.4) is 0 Å². The van der Waals surface area contributed by atoms with Crippen molar-refractivity contribution in [3.05, 3.63) is 70.2 Å². The van der Waals surface area contributed by atoms with Crippen molar-refractivity contribution in [2.24, 2.45) is 13.0 Å². The number of likely N-dealkylation sites (tertiary alicyclic amines) is 1. The highest BCUT2D eigenvalue weighted by Crippen LogP contribution is 2.36. The Morgan fingerprint density at radius 2 is 1.86 bits per heavy atom. The number of benzene rings is 1. The van der Waals surface area contributed by atoms with Gasteiger partial charge in [-0.1, -0.05) is 17.9 Å². The number of fused-ring (bicyclic) bond motifs is 2. The lowest BCUT2D eigenvalue weighted by Crippen LogP contribution is -2.47. The number of halogens is 4. The number of nitrogens with zero attached hydrogens (tertiary/aromatic N) is 9. The highest BCUT2D eigenvalue weighted by molar-refractivity contribution is 6.08. The second-order valence-electron chi connectivity index (χ2n) is 16.8. The van der Waals surface area contributed by atoms with Gasteiger partial charge >= 0.3 is 11.8 Å². The molecule has 1 aliphatic carbocycles. The summed E-state index contributed by atoms with van der Waals surface area (Å²) >= 11 is 0. The molecule has 0 radical (unpaired) electrons. The van der Waals surface area contributed by atoms with E-state index in [1.807, 2.05) is 6.07 Å². The van der Waals surface area contributed by atoms with E-state index in [4.69, 9.17) is 4.74 Å². The average molecular weight is 890 g/mol. The maximum atomic E-state index is 14.3. The number of carbonyl (C=O) groups excluding carboxylic acids is 3. The molecular formula is C43H47F4N11O6. The minimum atomic E-state index is -3.35. The highest BCUT2D eigenvalue weighted by atomic mass is 19.3. The molecule has 4 aliphatic rings. The van der Waals surface area contributed by atoms with Crippen LogP contribution >= 0.6 is 0 Å². The Balaban J connectivity index is 0.751. The van der Waals surface area contributed by atoms with E-state index in [-0.39, 0.29) is 79.1 Å². The number of aryl methyl sites for hydroxylation is 1. The molecule has 3 amide bonds. The SMILES string of the molecule is Cn1c(=O)n(C2CCC(=O)NC2=O)c2cccc(C#CCOC3CCN(C[C@H]4CC[C@H](n5cc(NC(=O)c6cnn7ccc(N8CCOC(F)(F)C8)nc67)c(C(F)F)n5)CC4)CC3)c21. The smallest absolute Gasteiger partial charge is 0.365 e. The number of piperidine rings is 2. The van der Waals surface area contributed by atoms with E-state index in [0.29, 0.717) is 22.5 Å². The number of hydrogen-bond acceptors (Lipinski definition) is 11. The Hall–Kier alpha value is -6.11. The summed E-state index contributed by atoms with van der Waals surface area (Å²) in [4.78, 5) is 59.1. The van der Waals surface area contributed by atoms with Crippen molar-refractivity contribution in [2.75, 3.05) is 56.2 Å². The predicted octanol–water partition coefficient (Wildman–Crippen LogP) is 4.44. The van der Waals surface area contributed by atoms with E-state index in [1.54, 1.807) is 19.2 Å². The molecule has 1 saturated carbocycles. The summed E-state index contributed by atoms with van der Waals surface area (Å²) in [5.74, 6) is 5.31. The van der Waals surface area contributed by atoms with Crippen LogP contribution in [0.1, 0.15) is 91.5 Å². The van der Waals surface area contributed by atoms with Gasteiger partial charge in [0.25, 0.3) is 12.3 Å². The van der Waals surface area contributed by atoms with Crippen LogP contribution in [0.4, 0.5) is 29.1 Å². The highest BCUT2D eigenvalue weighted by Gasteiger charge is 2.38. The molecule has 21 heteroatoms. The summed E-state index contributed by atoms with van der Waals surface area (Å²) in [6, 6.07) is 6.00. The summed E-state index contributed by atoms with van der Waals surface area (Å²) in [5.41, 5.74) is 0.891. The number of imide groups is 1. The monoisotopic (exact) mass is 889 g/mol. The van der Waals surface area contributed by atoms with Crippen LogP contribution in [-0.4, -0.2) is 114 Å². The molecule has 3 saturated heterocycles. The van der Waals surface area contributed by atoms with E-state index in [1.165, 1.54) is 47.9 Å². The first kappa shape index (κ1) is 43.2. The number of anilines is 2. The zero-order chi connectivity index (χ0) is 44.7. The minimum absolute atomic E-state index is 0.0129. The first-order valence-corrected chi connectivity index (χ1v) is 21.5. The fraction of sp³-hybridized carbons (Fsp3) is 0.512. The molecule has 64 heavy (non-hydrogen) atoms. The number of carbonyl (C=O) groups is 3. The molecule has 1 aromatic carbocycles. The van der Waals surface area contributed by atoms with Crippen LogP contribution in [0.25, 0.3) is 16.7 Å². The number of amides is 3. The lowest BCUT2D eigenvalue weighted by atomic mass is 9.85. The molecule has 0 bridgehead atoms. The van der Waals surface area contributed by atoms with Gasteiger partial charge in [-0.3, -0.25) is 33.5 Å². The number of alkyl halides is 4. The van der Waals surface area contributed by atoms with E-state index in [2.05, 4.69) is 47.3 Å². The molecule has 5 aromatic rings. The third-order valence-corrected chi connectivity index (χ3v) is 12.7. The predicted molar refractivity (Wildman–Crippen MR) is 223 cm³/mol. The van der Waals surface area contributed by atoms with Crippen molar-refractivity contribution in [2.45, 2.75) is 82.1 Å². The molecule has 0 spiro atoms. The molecule has 7 heterocycles. The van der Waals surface area contributed by atoms with Crippen molar-refractivity contribution < 1.29 is 41.4 Å². The molecule has 17 nitrogen and oxygen atoms in total. The summed E-state index contributed by atoms with van der Waals surface area (Å²) in [7, 11) is 1.64. The average Bonchev–Trinajstić information content (AvgIpc) is 3.97. The molecule has 338 valence electrons. The maximum absolute atomic E-state index is 14.3. The van der Waals surface area contributed by atoms with Crippen molar-refractivity contribution >= 4 is 45.9 Å². The Labute approximate surface area is 363 Å². The van der Waals surface area contributed by atoms with Gasteiger partial charge in [-0.05, 0) is 69.1 Å². The van der Waals surface area contributed by atoms with Gasteiger partial charge in [0.1, 0.15) is 30.6 Å². The van der Waals surface area contributed by atoms with Crippen LogP contribution in [0.2, 0.25) is 0 Å². The van der Waals surface area contributed by atoms with E-state index in [0.717, 1.165) is 58.2 Å². The van der Waals surface area contributed by atoms with Gasteiger partial charge in [-0.25, -0.2) is 23.1 Å². The lowest BCUT2D eigenvalue weighted by molar-refractivity contribution is -0.240. The number of para-hydroxylation sites is 1. The summed E-state index contributed by atoms with van der Waals surface area (Å²) in [6.07, 6.45) is 3.33. The fourth-order valence-electron chi connectivity index (χ4n) is 9.36. The normalized spacial score (nSPS) is 22.2. The number of nitrogens with one attached hydrogen (secondary N) is 2. The Kier molecular flexibility index (Phi) is 12.0. The number of aromatic nitrogens is 7. The van der Waals surface area contributed by atoms with E-state index < -0.39 is 42.6 Å². The molecule has 2 N–H and O–H groups in total. The zero-order valence-electron chi connectivity index (χ0n) is 35.0. The molecule has 3 aliphatic heterocycles. The number of hydrogen-bond donors (Lipinski definition) is 2.